The number of aromatic nitrogens is 6. The smallest absolute Gasteiger partial charge is 0.278 e. The first-order valence-corrected chi connectivity index (χ1v) is 32.5. The fourth-order valence-corrected chi connectivity index (χ4v) is 13.9. The van der Waals surface area contributed by atoms with Gasteiger partial charge in [-0.2, -0.15) is 0 Å². The predicted octanol–water partition coefficient (Wildman–Crippen LogP) is 19.6. The van der Waals surface area contributed by atoms with Crippen molar-refractivity contribution in [2.75, 3.05) is 0 Å². The van der Waals surface area contributed by atoms with Gasteiger partial charge in [0, 0.05) is 55.3 Å². The van der Waals surface area contributed by atoms with Crippen molar-refractivity contribution in [2.45, 2.75) is 59.7 Å². The number of hydrogen-bond donors (Lipinski definition) is 0. The Balaban J connectivity index is 0.000000123. The second-order valence-corrected chi connectivity index (χ2v) is 26.3. The number of furan rings is 3. The molecule has 6 aromatic heterocycles. The number of imidazole rings is 3. The Labute approximate surface area is 559 Å². The van der Waals surface area contributed by atoms with Gasteiger partial charge < -0.3 is 13.3 Å². The molecule has 0 aliphatic carbocycles. The summed E-state index contributed by atoms with van der Waals surface area (Å²) in [4.78, 5) is 40.8. The summed E-state index contributed by atoms with van der Waals surface area (Å²) in [7, 11) is 0. The molecule has 442 valence electrons. The molecule has 12 aromatic rings. The minimum Gasteiger partial charge on any atom is -0.462 e. The number of nitro groups is 1. The highest BCUT2D eigenvalue weighted by Crippen LogP contribution is 2.43. The summed E-state index contributed by atoms with van der Waals surface area (Å²) < 4.78 is 28.6. The van der Waals surface area contributed by atoms with E-state index in [0.717, 1.165) is 137 Å². The molecule has 0 fully saturated rings. The van der Waals surface area contributed by atoms with E-state index in [4.69, 9.17) is 38.2 Å². The molecule has 0 saturated heterocycles. The van der Waals surface area contributed by atoms with Gasteiger partial charge in [-0.05, 0) is 172 Å². The van der Waals surface area contributed by atoms with Crippen molar-refractivity contribution < 1.29 is 18.2 Å². The van der Waals surface area contributed by atoms with Crippen LogP contribution in [0.5, 0.6) is 0 Å². The Bertz CT molecular complexity index is 4670. The van der Waals surface area contributed by atoms with E-state index in [-0.39, 0.29) is 28.7 Å². The van der Waals surface area contributed by atoms with Gasteiger partial charge in [0.25, 0.3) is 5.69 Å². The van der Waals surface area contributed by atoms with Crippen LogP contribution in [0.25, 0.3) is 51.4 Å². The summed E-state index contributed by atoms with van der Waals surface area (Å²) in [6.07, 6.45) is 10.6. The molecule has 3 aliphatic heterocycles. The van der Waals surface area contributed by atoms with E-state index in [0.29, 0.717) is 17.0 Å². The van der Waals surface area contributed by atoms with Crippen LogP contribution in [0.4, 0.5) is 5.69 Å². The van der Waals surface area contributed by atoms with Crippen LogP contribution in [0.3, 0.4) is 0 Å². The summed E-state index contributed by atoms with van der Waals surface area (Å²) in [6.45, 7) is 12.2. The van der Waals surface area contributed by atoms with Gasteiger partial charge in [-0.3, -0.25) is 38.8 Å². The molecule has 20 heteroatoms. The van der Waals surface area contributed by atoms with Gasteiger partial charge in [0.2, 0.25) is 0 Å². The zero-order chi connectivity index (χ0) is 61.9. The minimum absolute atomic E-state index is 0.0196. The third-order valence-corrected chi connectivity index (χ3v) is 18.9. The topological polar surface area (TPSA) is 173 Å². The molecule has 6 aromatic carbocycles. The van der Waals surface area contributed by atoms with Crippen molar-refractivity contribution >= 4 is 109 Å². The van der Waals surface area contributed by atoms with Crippen LogP contribution >= 0.6 is 86.3 Å². The van der Waals surface area contributed by atoms with E-state index in [2.05, 4.69) is 175 Å². The molecule has 0 N–H and O–H groups in total. The average Bonchev–Trinajstić information content (AvgIpc) is 1.87. The molecule has 89 heavy (non-hydrogen) atoms. The van der Waals surface area contributed by atoms with Crippen LogP contribution in [0.2, 0.25) is 0 Å². The van der Waals surface area contributed by atoms with Crippen LogP contribution < -0.4 is 0 Å². The summed E-state index contributed by atoms with van der Waals surface area (Å²) in [6, 6.07) is 47.0. The fraction of sp³-hybridized carbons (Fsp3) is 0.130. The van der Waals surface area contributed by atoms with E-state index in [9.17, 15) is 10.1 Å². The van der Waals surface area contributed by atoms with Crippen LogP contribution in [0.15, 0.2) is 229 Å². The highest BCUT2D eigenvalue weighted by Gasteiger charge is 2.33. The zero-order valence-corrected chi connectivity index (χ0v) is 57.0. The Hall–Kier alpha value is -8.15. The number of rotatable bonds is 7. The van der Waals surface area contributed by atoms with Crippen molar-refractivity contribution in [1.29, 1.82) is 0 Å². The van der Waals surface area contributed by atoms with Gasteiger partial charge >= 0.3 is 0 Å². The number of aliphatic imine (C=N–C) groups is 3. The van der Waals surface area contributed by atoms with E-state index in [1.807, 2.05) is 106 Å². The van der Waals surface area contributed by atoms with Gasteiger partial charge in [0.15, 0.2) is 17.3 Å². The van der Waals surface area contributed by atoms with Crippen LogP contribution in [0, 0.1) is 34.5 Å². The molecule has 0 bridgehead atoms. The third kappa shape index (κ3) is 11.1. The number of para-hydroxylation sites is 1. The summed E-state index contributed by atoms with van der Waals surface area (Å²) in [5.41, 5.74) is 19.5. The lowest BCUT2D eigenvalue weighted by atomic mass is 9.99. The maximum atomic E-state index is 11.7. The number of nitro benzene ring substituents is 1. The SMILES string of the molecule is Cc1ccoc1-c1ncn2c1[C@@H](C)N=C(c1ccccc1Br)c1cc(Br)ccc1-2.Cc1ccoc1-c1ncn2c1[C@@H](C)N=C(c1ccccc1I)c1cc(Br)ccc1-2.Cc1ccoc1-c1ncn2c1[C@@H](C)N=C(c1ccccc1[N+](=O)[O-])c1cc(Br)ccc1-2. The van der Waals surface area contributed by atoms with Crippen LogP contribution in [-0.4, -0.2) is 50.7 Å². The van der Waals surface area contributed by atoms with Crippen molar-refractivity contribution in [3.05, 3.63) is 282 Å². The quantitative estimate of drug-likeness (QED) is 0.0861. The van der Waals surface area contributed by atoms with E-state index in [1.54, 1.807) is 43.3 Å². The molecule has 3 atom stereocenters. The van der Waals surface area contributed by atoms with E-state index >= 15 is 0 Å². The van der Waals surface area contributed by atoms with Gasteiger partial charge in [-0.25, -0.2) is 15.0 Å². The minimum atomic E-state index is -0.370. The first kappa shape index (κ1) is 59.8. The number of aryl methyl sites for hydroxylation is 3. The Morgan fingerprint density at radius 1 is 0.449 bits per heavy atom. The van der Waals surface area contributed by atoms with E-state index in [1.165, 1.54) is 9.64 Å². The molecule has 0 amide bonds. The van der Waals surface area contributed by atoms with Gasteiger partial charge in [0.1, 0.15) is 36.1 Å². The molecular weight excluding hydrogens is 1500 g/mol. The highest BCUT2D eigenvalue weighted by atomic mass is 127. The normalized spacial score (nSPS) is 15.3. The third-order valence-electron chi connectivity index (χ3n) is 15.8. The van der Waals surface area contributed by atoms with Gasteiger partial charge in [-0.1, -0.05) is 112 Å². The molecular formula is C69H51Br4IN10O5. The molecule has 15 rings (SSSR count). The van der Waals surface area contributed by atoms with Gasteiger partial charge in [0.05, 0.1) is 98.7 Å². The zero-order valence-electron chi connectivity index (χ0n) is 48.5. The number of halogens is 5. The van der Waals surface area contributed by atoms with Crippen molar-refractivity contribution in [2.24, 2.45) is 15.0 Å². The summed E-state index contributed by atoms with van der Waals surface area (Å²) in [5, 5.41) is 11.7. The van der Waals surface area contributed by atoms with Crippen molar-refractivity contribution in [3.8, 4) is 51.4 Å². The highest BCUT2D eigenvalue weighted by molar-refractivity contribution is 14.1. The number of fused-ring (bicyclic) bond motifs is 9. The molecule has 3 aliphatic rings. The second kappa shape index (κ2) is 24.7. The lowest BCUT2D eigenvalue weighted by Gasteiger charge is -2.13. The van der Waals surface area contributed by atoms with Crippen LogP contribution in [-0.2, 0) is 0 Å². The standard InChI is InChI=1S/C23H17Br2N3O.C23H17BrIN3O.C23H17BrN4O3/c2*1-13-9-10-29-23(13)21-22-14(2)27-20(16-5-3-4-6-18(16)25)17-11-15(24)7-8-19(17)28(22)12-26-21;1-13-9-10-31-23(13)21-22-14(2)26-20(16-5-3-4-6-19(16)28(29)30)17-11-15(24)7-8-18(17)27(22)12-25-21/h2*3-12,14H,1-2H3;3-12,14H,1-2H3/t3*14-/m111/s1. The number of hydrogen-bond acceptors (Lipinski definition) is 11. The fourth-order valence-electron chi connectivity index (χ4n) is 11.7. The summed E-state index contributed by atoms with van der Waals surface area (Å²) in [5.74, 6) is 2.30. The first-order chi connectivity index (χ1) is 43.0. The van der Waals surface area contributed by atoms with Crippen molar-refractivity contribution in [1.82, 2.24) is 28.7 Å². The Kier molecular flexibility index (Phi) is 16.6. The van der Waals surface area contributed by atoms with Gasteiger partial charge in [-0.15, -0.1) is 0 Å². The number of nitrogens with zero attached hydrogens (tertiary/aromatic N) is 10. The van der Waals surface area contributed by atoms with E-state index < -0.39 is 0 Å². The largest absolute Gasteiger partial charge is 0.462 e. The first-order valence-electron chi connectivity index (χ1n) is 28.3. The number of benzene rings is 6. The molecule has 0 spiro atoms. The Morgan fingerprint density at radius 3 is 1.17 bits per heavy atom. The maximum Gasteiger partial charge on any atom is 0.278 e. The maximum absolute atomic E-state index is 11.7. The predicted molar refractivity (Wildman–Crippen MR) is 370 cm³/mol. The molecule has 0 saturated carbocycles. The molecule has 9 heterocycles. The second-order valence-electron chi connectivity index (χ2n) is 21.5. The molecule has 0 radical (unpaired) electrons. The van der Waals surface area contributed by atoms with Crippen LogP contribution in [0.1, 0.15) is 106 Å². The molecule has 0 unspecified atom stereocenters. The lowest BCUT2D eigenvalue weighted by molar-refractivity contribution is -0.385. The molecule has 15 nitrogen and oxygen atoms in total. The Morgan fingerprint density at radius 2 is 0.798 bits per heavy atom. The monoisotopic (exact) mass is 1540 g/mol. The van der Waals surface area contributed by atoms with Crippen molar-refractivity contribution in [3.63, 3.8) is 0 Å². The lowest BCUT2D eigenvalue weighted by Crippen LogP contribution is -2.09. The summed E-state index contributed by atoms with van der Waals surface area (Å²) >= 11 is 16.9. The average molecular weight is 1550 g/mol.